The Labute approximate surface area is 134 Å². The third-order valence-electron chi connectivity index (χ3n) is 8.64. The van der Waals surface area contributed by atoms with Crippen molar-refractivity contribution in [2.45, 2.75) is 71.6 Å². The fourth-order valence-electron chi connectivity index (χ4n) is 7.26. The second kappa shape index (κ2) is 4.83. The Morgan fingerprint density at radius 3 is 2.55 bits per heavy atom. The van der Waals surface area contributed by atoms with E-state index in [4.69, 9.17) is 0 Å². The molecule has 0 unspecified atom stereocenters. The van der Waals surface area contributed by atoms with E-state index in [0.717, 1.165) is 43.4 Å². The number of nitrogens with zero attached hydrogens (tertiary/aromatic N) is 1. The molecule has 0 heterocycles. The molecule has 22 heavy (non-hydrogen) atoms. The first kappa shape index (κ1) is 14.7. The minimum absolute atomic E-state index is 0.281. The van der Waals surface area contributed by atoms with Crippen molar-refractivity contribution >= 4 is 5.78 Å². The average Bonchev–Trinajstić information content (AvgIpc) is 2.84. The van der Waals surface area contributed by atoms with Gasteiger partial charge in [0.05, 0.1) is 12.0 Å². The molecule has 7 atom stereocenters. The molecule has 0 amide bonds. The molecule has 0 aliphatic heterocycles. The number of hydrogen-bond acceptors (Lipinski definition) is 2. The lowest BCUT2D eigenvalue weighted by molar-refractivity contribution is -0.138. The van der Waals surface area contributed by atoms with Crippen molar-refractivity contribution < 1.29 is 4.79 Å². The number of Topliss-reactive ketones (excluding diaryl/α,β-unsaturated/α-hetero) is 1. The second-order valence-corrected chi connectivity index (χ2v) is 9.20. The Kier molecular flexibility index (Phi) is 3.23. The molecule has 4 fully saturated rings. The van der Waals surface area contributed by atoms with E-state index in [9.17, 15) is 10.1 Å². The van der Waals surface area contributed by atoms with E-state index in [1.807, 2.05) is 0 Å². The van der Waals surface area contributed by atoms with Crippen LogP contribution in [0.1, 0.15) is 71.6 Å². The van der Waals surface area contributed by atoms with E-state index < -0.39 is 0 Å². The Bertz CT molecular complexity index is 534. The van der Waals surface area contributed by atoms with Gasteiger partial charge in [-0.25, -0.2) is 0 Å². The van der Waals surface area contributed by atoms with Gasteiger partial charge in [0.2, 0.25) is 0 Å². The first-order chi connectivity index (χ1) is 10.5. The van der Waals surface area contributed by atoms with Gasteiger partial charge < -0.3 is 0 Å². The summed E-state index contributed by atoms with van der Waals surface area (Å²) in [5.41, 5.74) is 0.687. The molecule has 4 saturated carbocycles. The molecule has 2 nitrogen and oxygen atoms in total. The van der Waals surface area contributed by atoms with E-state index in [1.54, 1.807) is 0 Å². The molecule has 0 N–H and O–H groups in total. The smallest absolute Gasteiger partial charge is 0.133 e. The highest BCUT2D eigenvalue weighted by atomic mass is 16.1. The summed E-state index contributed by atoms with van der Waals surface area (Å²) in [6.45, 7) is 4.91. The third-order valence-corrected chi connectivity index (χ3v) is 8.64. The first-order valence-electron chi connectivity index (χ1n) is 9.40. The van der Waals surface area contributed by atoms with Gasteiger partial charge in [0.15, 0.2) is 0 Å². The van der Waals surface area contributed by atoms with Crippen LogP contribution in [0.2, 0.25) is 0 Å². The summed E-state index contributed by atoms with van der Waals surface area (Å²) in [5, 5.41) is 9.55. The molecule has 0 aromatic carbocycles. The maximum absolute atomic E-state index is 11.9. The van der Waals surface area contributed by atoms with Gasteiger partial charge in [0.25, 0.3) is 0 Å². The maximum Gasteiger partial charge on any atom is 0.133 e. The van der Waals surface area contributed by atoms with Gasteiger partial charge in [0, 0.05) is 12.8 Å². The monoisotopic (exact) mass is 299 g/mol. The largest absolute Gasteiger partial charge is 0.300 e. The molecular formula is C20H29NO. The number of carbonyl (C=O) groups excluding carboxylic acids is 1. The Morgan fingerprint density at radius 1 is 1.00 bits per heavy atom. The zero-order valence-corrected chi connectivity index (χ0v) is 14.1. The standard InChI is InChI=1S/C20H29NO/c1-19-9-7-15(22)11-13(19)3-5-16-17-6-4-14(12-21)20(17,2)10-8-18(16)19/h13-14,16-18H,3-11H2,1-2H3/t13-,14+,16-,17-,18-,19-,20+/m0/s1. The van der Waals surface area contributed by atoms with E-state index >= 15 is 0 Å². The summed E-state index contributed by atoms with van der Waals surface area (Å²) in [4.78, 5) is 11.9. The minimum Gasteiger partial charge on any atom is -0.300 e. The van der Waals surface area contributed by atoms with Crippen LogP contribution in [-0.2, 0) is 4.79 Å². The highest BCUT2D eigenvalue weighted by Gasteiger charge is 2.60. The minimum atomic E-state index is 0.281. The lowest BCUT2D eigenvalue weighted by Gasteiger charge is -2.60. The van der Waals surface area contributed by atoms with Gasteiger partial charge in [-0.1, -0.05) is 13.8 Å². The summed E-state index contributed by atoms with van der Waals surface area (Å²) in [5.74, 6) is 3.85. The van der Waals surface area contributed by atoms with Crippen LogP contribution in [0.4, 0.5) is 0 Å². The van der Waals surface area contributed by atoms with Crippen LogP contribution >= 0.6 is 0 Å². The van der Waals surface area contributed by atoms with Gasteiger partial charge in [-0.05, 0) is 79.4 Å². The maximum atomic E-state index is 11.9. The van der Waals surface area contributed by atoms with Crippen molar-refractivity contribution in [3.05, 3.63) is 0 Å². The van der Waals surface area contributed by atoms with E-state index in [-0.39, 0.29) is 11.3 Å². The predicted octanol–water partition coefficient (Wildman–Crippen LogP) is 4.74. The van der Waals surface area contributed by atoms with Crippen molar-refractivity contribution in [2.24, 2.45) is 40.4 Å². The van der Waals surface area contributed by atoms with Gasteiger partial charge in [-0.2, -0.15) is 5.26 Å². The number of carbonyl (C=O) groups is 1. The summed E-state index contributed by atoms with van der Waals surface area (Å²) < 4.78 is 0. The van der Waals surface area contributed by atoms with Gasteiger partial charge in [-0.3, -0.25) is 4.79 Å². The Balaban J connectivity index is 1.64. The molecule has 0 saturated heterocycles. The third kappa shape index (κ3) is 1.81. The molecular weight excluding hydrogens is 270 g/mol. The van der Waals surface area contributed by atoms with Crippen molar-refractivity contribution in [3.63, 3.8) is 0 Å². The van der Waals surface area contributed by atoms with Crippen LogP contribution in [0.25, 0.3) is 0 Å². The van der Waals surface area contributed by atoms with Crippen LogP contribution in [0.3, 0.4) is 0 Å². The lowest BCUT2D eigenvalue weighted by Crippen LogP contribution is -2.53. The van der Waals surface area contributed by atoms with E-state index in [2.05, 4.69) is 19.9 Å². The highest BCUT2D eigenvalue weighted by Crippen LogP contribution is 2.67. The molecule has 4 aliphatic carbocycles. The number of ketones is 1. The second-order valence-electron chi connectivity index (χ2n) is 9.20. The van der Waals surface area contributed by atoms with Crippen LogP contribution < -0.4 is 0 Å². The van der Waals surface area contributed by atoms with E-state index in [1.165, 1.54) is 32.1 Å². The lowest BCUT2D eigenvalue weighted by atomic mass is 9.45. The Hall–Kier alpha value is -0.840. The molecule has 0 aromatic rings. The molecule has 2 heteroatoms. The normalized spacial score (nSPS) is 54.0. The molecule has 4 aliphatic rings. The zero-order valence-electron chi connectivity index (χ0n) is 14.1. The number of fused-ring (bicyclic) bond motifs is 5. The fourth-order valence-corrected chi connectivity index (χ4v) is 7.26. The fraction of sp³-hybridized carbons (Fsp3) is 0.900. The van der Waals surface area contributed by atoms with Crippen LogP contribution in [0.5, 0.6) is 0 Å². The molecule has 120 valence electrons. The quantitative estimate of drug-likeness (QED) is 0.648. The van der Waals surface area contributed by atoms with Gasteiger partial charge in [0.1, 0.15) is 5.78 Å². The van der Waals surface area contributed by atoms with Crippen molar-refractivity contribution in [2.75, 3.05) is 0 Å². The molecule has 0 radical (unpaired) electrons. The van der Waals surface area contributed by atoms with Crippen LogP contribution in [-0.4, -0.2) is 5.78 Å². The van der Waals surface area contributed by atoms with E-state index in [0.29, 0.717) is 17.1 Å². The predicted molar refractivity (Wildman–Crippen MR) is 85.8 cm³/mol. The van der Waals surface area contributed by atoms with Crippen molar-refractivity contribution in [1.29, 1.82) is 5.26 Å². The SMILES string of the molecule is C[C@]12CCC(=O)C[C@@H]1CC[C@@H]1[C@@H]2CC[C@]2(C)[C@@H](C#N)CC[C@@H]12. The number of rotatable bonds is 0. The van der Waals surface area contributed by atoms with Crippen LogP contribution in [0, 0.1) is 51.8 Å². The first-order valence-corrected chi connectivity index (χ1v) is 9.40. The number of nitriles is 1. The summed E-state index contributed by atoms with van der Waals surface area (Å²) in [6.07, 6.45) is 10.3. The zero-order chi connectivity index (χ0) is 15.5. The average molecular weight is 299 g/mol. The molecule has 4 rings (SSSR count). The van der Waals surface area contributed by atoms with Crippen molar-refractivity contribution in [1.82, 2.24) is 0 Å². The van der Waals surface area contributed by atoms with Gasteiger partial charge >= 0.3 is 0 Å². The van der Waals surface area contributed by atoms with Gasteiger partial charge in [-0.15, -0.1) is 0 Å². The summed E-state index contributed by atoms with van der Waals surface area (Å²) >= 11 is 0. The Morgan fingerprint density at radius 2 is 1.77 bits per heavy atom. The molecule has 0 spiro atoms. The summed E-state index contributed by atoms with van der Waals surface area (Å²) in [6, 6.07) is 2.63. The number of hydrogen-bond donors (Lipinski definition) is 0. The van der Waals surface area contributed by atoms with Crippen LogP contribution in [0.15, 0.2) is 0 Å². The van der Waals surface area contributed by atoms with Crippen molar-refractivity contribution in [3.8, 4) is 6.07 Å². The molecule has 0 bridgehead atoms. The highest BCUT2D eigenvalue weighted by molar-refractivity contribution is 5.79. The topological polar surface area (TPSA) is 40.9 Å². The summed E-state index contributed by atoms with van der Waals surface area (Å²) in [7, 11) is 0. The molecule has 0 aromatic heterocycles.